The summed E-state index contributed by atoms with van der Waals surface area (Å²) in [5.41, 5.74) is 2.86. The summed E-state index contributed by atoms with van der Waals surface area (Å²) in [6.07, 6.45) is 1.79. The molecule has 0 spiro atoms. The minimum absolute atomic E-state index is 0.0797. The van der Waals surface area contributed by atoms with Gasteiger partial charge in [0.1, 0.15) is 5.82 Å². The summed E-state index contributed by atoms with van der Waals surface area (Å²) in [5.74, 6) is 1.71. The fourth-order valence-electron chi connectivity index (χ4n) is 3.16. The zero-order valence-electron chi connectivity index (χ0n) is 17.7. The van der Waals surface area contributed by atoms with Crippen molar-refractivity contribution in [1.29, 1.82) is 0 Å². The highest BCUT2D eigenvalue weighted by Gasteiger charge is 2.15. The van der Waals surface area contributed by atoms with Crippen LogP contribution in [0.5, 0.6) is 0 Å². The summed E-state index contributed by atoms with van der Waals surface area (Å²) < 4.78 is 1.99. The molecule has 2 aromatic heterocycles. The normalized spacial score (nSPS) is 10.7. The van der Waals surface area contributed by atoms with Gasteiger partial charge in [-0.1, -0.05) is 60.3 Å². The van der Waals surface area contributed by atoms with E-state index in [1.54, 1.807) is 6.20 Å². The Morgan fingerprint density at radius 2 is 1.72 bits per heavy atom. The van der Waals surface area contributed by atoms with Crippen LogP contribution in [0, 0.1) is 0 Å². The highest BCUT2D eigenvalue weighted by molar-refractivity contribution is 7.99. The molecule has 1 amide bonds. The molecule has 0 atom stereocenters. The SMILES string of the molecule is CCn1c(SCC(=O)Nc2ccccc2)nnc1-c1ccc(NCc2ccccc2)nc1. The molecule has 2 aromatic carbocycles. The van der Waals surface area contributed by atoms with Crippen molar-refractivity contribution in [2.75, 3.05) is 16.4 Å². The van der Waals surface area contributed by atoms with E-state index in [1.807, 2.05) is 72.2 Å². The average Bonchev–Trinajstić information content (AvgIpc) is 3.26. The van der Waals surface area contributed by atoms with Gasteiger partial charge < -0.3 is 15.2 Å². The van der Waals surface area contributed by atoms with Gasteiger partial charge in [-0.05, 0) is 36.8 Å². The van der Waals surface area contributed by atoms with Gasteiger partial charge in [-0.3, -0.25) is 4.79 Å². The molecule has 2 heterocycles. The number of carbonyl (C=O) groups excluding carboxylic acids is 1. The second kappa shape index (κ2) is 10.6. The largest absolute Gasteiger partial charge is 0.366 e. The van der Waals surface area contributed by atoms with E-state index in [-0.39, 0.29) is 11.7 Å². The number of thioether (sulfide) groups is 1. The van der Waals surface area contributed by atoms with Crippen molar-refractivity contribution in [2.45, 2.75) is 25.2 Å². The van der Waals surface area contributed by atoms with E-state index in [0.29, 0.717) is 18.2 Å². The third-order valence-electron chi connectivity index (χ3n) is 4.76. The van der Waals surface area contributed by atoms with Gasteiger partial charge in [0.25, 0.3) is 0 Å². The van der Waals surface area contributed by atoms with Crippen molar-refractivity contribution in [3.05, 3.63) is 84.6 Å². The zero-order chi connectivity index (χ0) is 22.2. The van der Waals surface area contributed by atoms with Crippen molar-refractivity contribution in [1.82, 2.24) is 19.7 Å². The summed E-state index contributed by atoms with van der Waals surface area (Å²) in [6.45, 7) is 3.44. The molecule has 4 rings (SSSR count). The average molecular weight is 445 g/mol. The summed E-state index contributed by atoms with van der Waals surface area (Å²) in [6, 6.07) is 23.5. The predicted molar refractivity (Wildman–Crippen MR) is 128 cm³/mol. The number of hydrogen-bond acceptors (Lipinski definition) is 6. The maximum atomic E-state index is 12.3. The van der Waals surface area contributed by atoms with Crippen molar-refractivity contribution >= 4 is 29.2 Å². The molecular weight excluding hydrogens is 420 g/mol. The standard InChI is InChI=1S/C24H24N6OS/c1-2-30-23(19-13-14-21(26-16-19)25-15-18-9-5-3-6-10-18)28-29-24(30)32-17-22(31)27-20-11-7-4-8-12-20/h3-14,16H,2,15,17H2,1H3,(H,25,26)(H,27,31). The highest BCUT2D eigenvalue weighted by atomic mass is 32.2. The van der Waals surface area contributed by atoms with Crippen LogP contribution in [0.4, 0.5) is 11.5 Å². The van der Waals surface area contributed by atoms with Gasteiger partial charge in [0.15, 0.2) is 11.0 Å². The molecule has 0 saturated carbocycles. The molecule has 0 aliphatic rings. The van der Waals surface area contributed by atoms with Crippen LogP contribution in [-0.2, 0) is 17.9 Å². The minimum Gasteiger partial charge on any atom is -0.366 e. The lowest BCUT2D eigenvalue weighted by molar-refractivity contribution is -0.113. The number of para-hydroxylation sites is 1. The number of hydrogen-bond donors (Lipinski definition) is 2. The molecule has 8 heteroatoms. The third-order valence-corrected chi connectivity index (χ3v) is 5.73. The van der Waals surface area contributed by atoms with Gasteiger partial charge in [0, 0.05) is 30.5 Å². The Kier molecular flexibility index (Phi) is 7.14. The molecule has 32 heavy (non-hydrogen) atoms. The van der Waals surface area contributed by atoms with Crippen LogP contribution in [-0.4, -0.2) is 31.4 Å². The highest BCUT2D eigenvalue weighted by Crippen LogP contribution is 2.24. The molecule has 0 radical (unpaired) electrons. The fourth-order valence-corrected chi connectivity index (χ4v) is 3.96. The van der Waals surface area contributed by atoms with Crippen molar-refractivity contribution < 1.29 is 4.79 Å². The lowest BCUT2D eigenvalue weighted by Crippen LogP contribution is -2.14. The smallest absolute Gasteiger partial charge is 0.234 e. The van der Waals surface area contributed by atoms with Crippen LogP contribution in [0.25, 0.3) is 11.4 Å². The molecule has 2 N–H and O–H groups in total. The minimum atomic E-state index is -0.0797. The predicted octanol–water partition coefficient (Wildman–Crippen LogP) is 4.70. The Bertz CT molecular complexity index is 1150. The van der Waals surface area contributed by atoms with Crippen LogP contribution in [0.1, 0.15) is 12.5 Å². The first kappa shape index (κ1) is 21.6. The van der Waals surface area contributed by atoms with Gasteiger partial charge in [0.05, 0.1) is 5.75 Å². The number of rotatable bonds is 9. The number of anilines is 2. The van der Waals surface area contributed by atoms with E-state index in [9.17, 15) is 4.79 Å². The number of nitrogens with one attached hydrogen (secondary N) is 2. The second-order valence-corrected chi connectivity index (χ2v) is 7.97. The van der Waals surface area contributed by atoms with E-state index in [0.717, 1.165) is 22.9 Å². The van der Waals surface area contributed by atoms with Gasteiger partial charge in [-0.2, -0.15) is 0 Å². The van der Waals surface area contributed by atoms with E-state index >= 15 is 0 Å². The summed E-state index contributed by atoms with van der Waals surface area (Å²) >= 11 is 1.37. The first-order valence-corrected chi connectivity index (χ1v) is 11.4. The number of pyridine rings is 1. The summed E-state index contributed by atoms with van der Waals surface area (Å²) in [5, 5.41) is 15.5. The fraction of sp³-hybridized carbons (Fsp3) is 0.167. The second-order valence-electron chi connectivity index (χ2n) is 7.02. The van der Waals surface area contributed by atoms with E-state index in [4.69, 9.17) is 0 Å². The monoisotopic (exact) mass is 444 g/mol. The Morgan fingerprint density at radius 1 is 0.969 bits per heavy atom. The molecule has 0 saturated heterocycles. The van der Waals surface area contributed by atoms with Crippen LogP contribution >= 0.6 is 11.8 Å². The van der Waals surface area contributed by atoms with E-state index in [2.05, 4.69) is 37.9 Å². The van der Waals surface area contributed by atoms with Crippen LogP contribution in [0.15, 0.2) is 84.1 Å². The number of benzene rings is 2. The topological polar surface area (TPSA) is 84.7 Å². The lowest BCUT2D eigenvalue weighted by Gasteiger charge is -2.09. The first-order valence-electron chi connectivity index (χ1n) is 10.4. The first-order chi connectivity index (χ1) is 15.7. The Hall–Kier alpha value is -3.65. The van der Waals surface area contributed by atoms with Crippen LogP contribution < -0.4 is 10.6 Å². The number of nitrogens with zero attached hydrogens (tertiary/aromatic N) is 4. The van der Waals surface area contributed by atoms with Gasteiger partial charge >= 0.3 is 0 Å². The van der Waals surface area contributed by atoms with Crippen LogP contribution in [0.3, 0.4) is 0 Å². The molecule has 0 aliphatic carbocycles. The quantitative estimate of drug-likeness (QED) is 0.364. The van der Waals surface area contributed by atoms with Gasteiger partial charge in [-0.15, -0.1) is 10.2 Å². The molecule has 7 nitrogen and oxygen atoms in total. The van der Waals surface area contributed by atoms with Gasteiger partial charge in [0.2, 0.25) is 5.91 Å². The third kappa shape index (κ3) is 5.53. The molecule has 0 aliphatic heterocycles. The van der Waals surface area contributed by atoms with E-state index < -0.39 is 0 Å². The van der Waals surface area contributed by atoms with Gasteiger partial charge in [-0.25, -0.2) is 4.98 Å². The van der Waals surface area contributed by atoms with Crippen LogP contribution in [0.2, 0.25) is 0 Å². The number of aromatic nitrogens is 4. The zero-order valence-corrected chi connectivity index (χ0v) is 18.5. The van der Waals surface area contributed by atoms with Crippen molar-refractivity contribution in [3.8, 4) is 11.4 Å². The maximum Gasteiger partial charge on any atom is 0.234 e. The lowest BCUT2D eigenvalue weighted by atomic mass is 10.2. The van der Waals surface area contributed by atoms with Crippen molar-refractivity contribution in [3.63, 3.8) is 0 Å². The molecule has 0 bridgehead atoms. The number of carbonyl (C=O) groups is 1. The Morgan fingerprint density at radius 3 is 2.41 bits per heavy atom. The Labute approximate surface area is 191 Å². The summed E-state index contributed by atoms with van der Waals surface area (Å²) in [4.78, 5) is 16.8. The van der Waals surface area contributed by atoms with E-state index in [1.165, 1.54) is 17.3 Å². The number of amides is 1. The molecule has 4 aromatic rings. The molecule has 0 unspecified atom stereocenters. The van der Waals surface area contributed by atoms with Crippen molar-refractivity contribution in [2.24, 2.45) is 0 Å². The molecule has 162 valence electrons. The molecular formula is C24H24N6OS. The Balaban J connectivity index is 1.38. The summed E-state index contributed by atoms with van der Waals surface area (Å²) in [7, 11) is 0. The molecule has 0 fully saturated rings. The maximum absolute atomic E-state index is 12.3.